The topological polar surface area (TPSA) is 106 Å². The lowest BCUT2D eigenvalue weighted by molar-refractivity contribution is 0.102. The number of nitrogens with zero attached hydrogens (tertiary/aromatic N) is 3. The summed E-state index contributed by atoms with van der Waals surface area (Å²) in [5.74, 6) is 5.21. The van der Waals surface area contributed by atoms with Crippen molar-refractivity contribution in [3.63, 3.8) is 0 Å². The van der Waals surface area contributed by atoms with Gasteiger partial charge < -0.3 is 10.7 Å². The van der Waals surface area contributed by atoms with Gasteiger partial charge in [-0.15, -0.1) is 0 Å². The zero-order valence-corrected chi connectivity index (χ0v) is 8.79. The Labute approximate surface area is 97.1 Å². The second kappa shape index (κ2) is 4.99. The molecule has 2 rings (SSSR count). The first-order valence-corrected chi connectivity index (χ1v) is 4.79. The maximum atomic E-state index is 11.7. The molecule has 0 unspecified atom stereocenters. The van der Waals surface area contributed by atoms with Crippen LogP contribution < -0.4 is 16.6 Å². The lowest BCUT2D eigenvalue weighted by Gasteiger charge is -2.03. The molecule has 0 saturated carbocycles. The monoisotopic (exact) mass is 230 g/mol. The molecule has 86 valence electrons. The van der Waals surface area contributed by atoms with Crippen LogP contribution in [0.1, 0.15) is 10.5 Å². The van der Waals surface area contributed by atoms with E-state index in [1.165, 1.54) is 24.8 Å². The number of nitrogens with one attached hydrogen (secondary N) is 2. The number of carbonyl (C=O) groups is 1. The minimum atomic E-state index is -0.353. The van der Waals surface area contributed by atoms with Crippen molar-refractivity contribution >= 4 is 17.4 Å². The number of hydrogen-bond donors (Lipinski definition) is 3. The molecule has 2 aromatic heterocycles. The highest BCUT2D eigenvalue weighted by Gasteiger charge is 2.07. The molecule has 17 heavy (non-hydrogen) atoms. The zero-order valence-electron chi connectivity index (χ0n) is 8.79. The summed E-state index contributed by atoms with van der Waals surface area (Å²) in [5.41, 5.74) is 3.33. The molecule has 2 aromatic rings. The summed E-state index contributed by atoms with van der Waals surface area (Å²) >= 11 is 0. The van der Waals surface area contributed by atoms with Crippen LogP contribution in [0, 0.1) is 0 Å². The molecule has 0 aliphatic rings. The normalized spacial score (nSPS) is 9.71. The van der Waals surface area contributed by atoms with Crippen LogP contribution in [-0.4, -0.2) is 20.9 Å². The average molecular weight is 230 g/mol. The van der Waals surface area contributed by atoms with E-state index in [1.54, 1.807) is 12.1 Å². The van der Waals surface area contributed by atoms with Crippen LogP contribution in [0.5, 0.6) is 0 Å². The van der Waals surface area contributed by atoms with Crippen LogP contribution in [0.15, 0.2) is 36.9 Å². The molecule has 0 atom stereocenters. The van der Waals surface area contributed by atoms with Crippen molar-refractivity contribution in [2.45, 2.75) is 0 Å². The quantitative estimate of drug-likeness (QED) is 0.521. The summed E-state index contributed by atoms with van der Waals surface area (Å²) < 4.78 is 0. The van der Waals surface area contributed by atoms with E-state index < -0.39 is 0 Å². The minimum Gasteiger partial charge on any atom is -0.323 e. The Morgan fingerprint density at radius 3 is 2.65 bits per heavy atom. The van der Waals surface area contributed by atoms with E-state index in [4.69, 9.17) is 5.84 Å². The Morgan fingerprint density at radius 2 is 2.06 bits per heavy atom. The fourth-order valence-electron chi connectivity index (χ4n) is 1.16. The highest BCUT2D eigenvalue weighted by molar-refractivity contribution is 6.02. The average Bonchev–Trinajstić information content (AvgIpc) is 2.40. The maximum absolute atomic E-state index is 11.7. The maximum Gasteiger partial charge on any atom is 0.275 e. The van der Waals surface area contributed by atoms with Gasteiger partial charge in [-0.2, -0.15) is 0 Å². The third kappa shape index (κ3) is 2.73. The number of pyridine rings is 1. The van der Waals surface area contributed by atoms with Crippen LogP contribution in [0.25, 0.3) is 0 Å². The van der Waals surface area contributed by atoms with Gasteiger partial charge in [0.25, 0.3) is 5.91 Å². The summed E-state index contributed by atoms with van der Waals surface area (Å²) in [5, 5.41) is 2.57. The minimum absolute atomic E-state index is 0.273. The van der Waals surface area contributed by atoms with Crippen LogP contribution >= 0.6 is 0 Å². The highest BCUT2D eigenvalue weighted by Crippen LogP contribution is 2.06. The molecule has 7 heteroatoms. The summed E-state index contributed by atoms with van der Waals surface area (Å²) in [4.78, 5) is 23.4. The van der Waals surface area contributed by atoms with Gasteiger partial charge in [-0.25, -0.2) is 9.97 Å². The van der Waals surface area contributed by atoms with Crippen LogP contribution in [-0.2, 0) is 0 Å². The molecule has 0 bridgehead atoms. The van der Waals surface area contributed by atoms with Gasteiger partial charge in [0, 0.05) is 12.4 Å². The number of hydrazine groups is 1. The number of nitrogen functional groups attached to an aromatic ring is 1. The Hall–Kier alpha value is -2.54. The number of aromatic nitrogens is 3. The second-order valence-electron chi connectivity index (χ2n) is 3.12. The Bertz CT molecular complexity index is 498. The summed E-state index contributed by atoms with van der Waals surface area (Å²) in [6, 6.07) is 3.21. The first-order valence-electron chi connectivity index (χ1n) is 4.79. The van der Waals surface area contributed by atoms with Crippen LogP contribution in [0.4, 0.5) is 11.5 Å². The standard InChI is InChI=1S/C10H10N6O/c11-16-7-1-2-8(14-5-7)10(17)15-9-6-12-3-4-13-9/h1-6,16H,11H2,(H,13,15,17). The highest BCUT2D eigenvalue weighted by atomic mass is 16.1. The van der Waals surface area contributed by atoms with Crippen LogP contribution in [0.3, 0.4) is 0 Å². The van der Waals surface area contributed by atoms with Crippen molar-refractivity contribution in [2.24, 2.45) is 5.84 Å². The van der Waals surface area contributed by atoms with Gasteiger partial charge in [0.2, 0.25) is 0 Å². The van der Waals surface area contributed by atoms with Crippen molar-refractivity contribution in [3.8, 4) is 0 Å². The van der Waals surface area contributed by atoms with E-state index in [2.05, 4.69) is 25.7 Å². The molecule has 7 nitrogen and oxygen atoms in total. The SMILES string of the molecule is NNc1ccc(C(=O)Nc2cnccn2)nc1. The largest absolute Gasteiger partial charge is 0.323 e. The third-order valence-electron chi connectivity index (χ3n) is 1.97. The molecule has 2 heterocycles. The number of nitrogens with two attached hydrogens (primary N) is 1. The van der Waals surface area contributed by atoms with Crippen molar-refractivity contribution in [1.29, 1.82) is 0 Å². The predicted octanol–water partition coefficient (Wildman–Crippen LogP) is 0.409. The second-order valence-corrected chi connectivity index (χ2v) is 3.12. The van der Waals surface area contributed by atoms with Gasteiger partial charge in [0.05, 0.1) is 18.1 Å². The van der Waals surface area contributed by atoms with Gasteiger partial charge in [-0.05, 0) is 12.1 Å². The van der Waals surface area contributed by atoms with E-state index in [0.717, 1.165) is 0 Å². The molecule has 0 aliphatic carbocycles. The smallest absolute Gasteiger partial charge is 0.275 e. The molecule has 0 aromatic carbocycles. The number of amides is 1. The van der Waals surface area contributed by atoms with Gasteiger partial charge in [0.1, 0.15) is 5.69 Å². The fraction of sp³-hybridized carbons (Fsp3) is 0. The summed E-state index contributed by atoms with van der Waals surface area (Å²) in [6.45, 7) is 0. The van der Waals surface area contributed by atoms with E-state index in [-0.39, 0.29) is 11.6 Å². The van der Waals surface area contributed by atoms with Gasteiger partial charge >= 0.3 is 0 Å². The summed E-state index contributed by atoms with van der Waals surface area (Å²) in [7, 11) is 0. The molecular formula is C10H10N6O. The summed E-state index contributed by atoms with van der Waals surface area (Å²) in [6.07, 6.45) is 5.93. The fourth-order valence-corrected chi connectivity index (χ4v) is 1.16. The van der Waals surface area contributed by atoms with E-state index in [1.807, 2.05) is 0 Å². The molecule has 1 amide bonds. The lowest BCUT2D eigenvalue weighted by atomic mass is 10.3. The van der Waals surface area contributed by atoms with E-state index >= 15 is 0 Å². The molecule has 0 spiro atoms. The number of rotatable bonds is 3. The van der Waals surface area contributed by atoms with Crippen molar-refractivity contribution in [1.82, 2.24) is 15.0 Å². The molecule has 0 radical (unpaired) electrons. The lowest BCUT2D eigenvalue weighted by Crippen LogP contribution is -2.15. The van der Waals surface area contributed by atoms with Gasteiger partial charge in [-0.1, -0.05) is 0 Å². The van der Waals surface area contributed by atoms with Crippen molar-refractivity contribution in [2.75, 3.05) is 10.7 Å². The van der Waals surface area contributed by atoms with Crippen molar-refractivity contribution in [3.05, 3.63) is 42.6 Å². The van der Waals surface area contributed by atoms with Gasteiger partial charge in [0.15, 0.2) is 5.82 Å². The zero-order chi connectivity index (χ0) is 12.1. The first-order chi connectivity index (χ1) is 8.29. The van der Waals surface area contributed by atoms with Crippen molar-refractivity contribution < 1.29 is 4.79 Å². The molecule has 0 saturated heterocycles. The number of hydrogen-bond acceptors (Lipinski definition) is 6. The molecule has 0 aliphatic heterocycles. The Kier molecular flexibility index (Phi) is 3.22. The first kappa shape index (κ1) is 11.0. The van der Waals surface area contributed by atoms with Gasteiger partial charge in [-0.3, -0.25) is 15.6 Å². The molecule has 0 fully saturated rings. The Balaban J connectivity index is 2.09. The molecule has 4 N–H and O–H groups in total. The number of carbonyl (C=O) groups excluding carboxylic acids is 1. The number of anilines is 2. The van der Waals surface area contributed by atoms with Crippen LogP contribution in [0.2, 0.25) is 0 Å². The predicted molar refractivity (Wildman–Crippen MR) is 62.0 cm³/mol. The third-order valence-corrected chi connectivity index (χ3v) is 1.97. The Morgan fingerprint density at radius 1 is 1.18 bits per heavy atom. The molecular weight excluding hydrogens is 220 g/mol. The van der Waals surface area contributed by atoms with E-state index in [0.29, 0.717) is 11.5 Å². The van der Waals surface area contributed by atoms with E-state index in [9.17, 15) is 4.79 Å².